The third kappa shape index (κ3) is 3.06. The number of rotatable bonds is 4. The SMILES string of the molecule is CCOc1ccc(Nc2nc(Cl)nc3ccccc23)cc1. The fourth-order valence-electron chi connectivity index (χ4n) is 2.08. The molecule has 0 aliphatic rings. The van der Waals surface area contributed by atoms with Crippen LogP contribution in [0.1, 0.15) is 6.92 Å². The quantitative estimate of drug-likeness (QED) is 0.724. The van der Waals surface area contributed by atoms with Gasteiger partial charge in [-0.2, -0.15) is 4.98 Å². The highest BCUT2D eigenvalue weighted by Crippen LogP contribution is 2.26. The number of ether oxygens (including phenoxy) is 1. The molecule has 1 heterocycles. The summed E-state index contributed by atoms with van der Waals surface area (Å²) >= 11 is 5.97. The molecule has 0 fully saturated rings. The van der Waals surface area contributed by atoms with Crippen LogP contribution in [0.15, 0.2) is 48.5 Å². The van der Waals surface area contributed by atoms with Gasteiger partial charge >= 0.3 is 0 Å². The van der Waals surface area contributed by atoms with Gasteiger partial charge in [-0.15, -0.1) is 0 Å². The summed E-state index contributed by atoms with van der Waals surface area (Å²) in [6.07, 6.45) is 0. The van der Waals surface area contributed by atoms with Crippen molar-refractivity contribution in [1.82, 2.24) is 9.97 Å². The van der Waals surface area contributed by atoms with Crippen molar-refractivity contribution in [3.63, 3.8) is 0 Å². The molecule has 0 unspecified atom stereocenters. The van der Waals surface area contributed by atoms with Crippen molar-refractivity contribution >= 4 is 34.0 Å². The standard InChI is InChI=1S/C16H14ClN3O/c1-2-21-12-9-7-11(8-10-12)18-15-13-5-3-4-6-14(13)19-16(17)20-15/h3-10H,2H2,1H3,(H,18,19,20). The molecule has 0 saturated heterocycles. The fraction of sp³-hybridized carbons (Fsp3) is 0.125. The minimum Gasteiger partial charge on any atom is -0.494 e. The van der Waals surface area contributed by atoms with Gasteiger partial charge in [0.1, 0.15) is 11.6 Å². The second-order valence-electron chi connectivity index (χ2n) is 4.44. The molecule has 5 heteroatoms. The molecule has 3 rings (SSSR count). The van der Waals surface area contributed by atoms with Crippen LogP contribution >= 0.6 is 11.6 Å². The number of halogens is 1. The molecule has 1 N–H and O–H groups in total. The van der Waals surface area contributed by atoms with Gasteiger partial charge in [0.25, 0.3) is 0 Å². The zero-order chi connectivity index (χ0) is 14.7. The monoisotopic (exact) mass is 299 g/mol. The van der Waals surface area contributed by atoms with Crippen LogP contribution in [-0.2, 0) is 0 Å². The van der Waals surface area contributed by atoms with E-state index in [9.17, 15) is 0 Å². The third-order valence-corrected chi connectivity index (χ3v) is 3.17. The molecular formula is C16H14ClN3O. The van der Waals surface area contributed by atoms with Crippen LogP contribution < -0.4 is 10.1 Å². The molecule has 4 nitrogen and oxygen atoms in total. The first-order chi connectivity index (χ1) is 10.3. The smallest absolute Gasteiger partial charge is 0.224 e. The Morgan fingerprint density at radius 3 is 2.57 bits per heavy atom. The van der Waals surface area contributed by atoms with Crippen molar-refractivity contribution in [2.75, 3.05) is 11.9 Å². The molecule has 0 atom stereocenters. The minimum absolute atomic E-state index is 0.224. The van der Waals surface area contributed by atoms with Crippen molar-refractivity contribution in [1.29, 1.82) is 0 Å². The van der Waals surface area contributed by atoms with Gasteiger partial charge in [0, 0.05) is 11.1 Å². The average Bonchev–Trinajstić information content (AvgIpc) is 2.49. The Balaban J connectivity index is 1.94. The van der Waals surface area contributed by atoms with Crippen LogP contribution in [-0.4, -0.2) is 16.6 Å². The number of benzene rings is 2. The van der Waals surface area contributed by atoms with Crippen LogP contribution in [0.3, 0.4) is 0 Å². The van der Waals surface area contributed by atoms with E-state index in [1.54, 1.807) is 0 Å². The topological polar surface area (TPSA) is 47.0 Å². The molecule has 2 aromatic carbocycles. The van der Waals surface area contributed by atoms with Gasteiger partial charge in [-0.1, -0.05) is 12.1 Å². The summed E-state index contributed by atoms with van der Waals surface area (Å²) in [4.78, 5) is 8.48. The van der Waals surface area contributed by atoms with Crippen molar-refractivity contribution < 1.29 is 4.74 Å². The first-order valence-electron chi connectivity index (χ1n) is 6.68. The number of anilines is 2. The molecule has 1 aromatic heterocycles. The van der Waals surface area contributed by atoms with Gasteiger partial charge < -0.3 is 10.1 Å². The van der Waals surface area contributed by atoms with E-state index in [-0.39, 0.29) is 5.28 Å². The summed E-state index contributed by atoms with van der Waals surface area (Å²) in [5, 5.41) is 4.42. The number of hydrogen-bond acceptors (Lipinski definition) is 4. The van der Waals surface area contributed by atoms with Crippen LogP contribution in [0.4, 0.5) is 11.5 Å². The molecule has 21 heavy (non-hydrogen) atoms. The van der Waals surface area contributed by atoms with Gasteiger partial charge in [0.2, 0.25) is 5.28 Å². The molecule has 0 amide bonds. The van der Waals surface area contributed by atoms with Gasteiger partial charge in [0.05, 0.1) is 12.1 Å². The summed E-state index contributed by atoms with van der Waals surface area (Å²) in [6, 6.07) is 15.4. The van der Waals surface area contributed by atoms with Crippen molar-refractivity contribution in [3.8, 4) is 5.75 Å². The molecular weight excluding hydrogens is 286 g/mol. The van der Waals surface area contributed by atoms with E-state index in [0.29, 0.717) is 12.4 Å². The number of para-hydroxylation sites is 1. The predicted molar refractivity (Wildman–Crippen MR) is 85.4 cm³/mol. The average molecular weight is 300 g/mol. The van der Waals surface area contributed by atoms with Crippen LogP contribution in [0.5, 0.6) is 5.75 Å². The largest absolute Gasteiger partial charge is 0.494 e. The van der Waals surface area contributed by atoms with E-state index in [1.807, 2.05) is 55.5 Å². The van der Waals surface area contributed by atoms with Crippen molar-refractivity contribution in [2.45, 2.75) is 6.92 Å². The van der Waals surface area contributed by atoms with Gasteiger partial charge in [-0.25, -0.2) is 4.98 Å². The highest BCUT2D eigenvalue weighted by atomic mass is 35.5. The maximum Gasteiger partial charge on any atom is 0.224 e. The Bertz CT molecular complexity index is 759. The maximum absolute atomic E-state index is 5.97. The Labute approximate surface area is 127 Å². The van der Waals surface area contributed by atoms with E-state index in [4.69, 9.17) is 16.3 Å². The molecule has 0 spiro atoms. The minimum atomic E-state index is 0.224. The second-order valence-corrected chi connectivity index (χ2v) is 4.78. The van der Waals surface area contributed by atoms with Gasteiger partial charge in [0.15, 0.2) is 0 Å². The summed E-state index contributed by atoms with van der Waals surface area (Å²) in [5.41, 5.74) is 1.73. The number of nitrogens with one attached hydrogen (secondary N) is 1. The third-order valence-electron chi connectivity index (χ3n) is 3.00. The van der Waals surface area contributed by atoms with E-state index in [2.05, 4.69) is 15.3 Å². The lowest BCUT2D eigenvalue weighted by Crippen LogP contribution is -1.97. The van der Waals surface area contributed by atoms with Crippen LogP contribution in [0.25, 0.3) is 10.9 Å². The number of fused-ring (bicyclic) bond motifs is 1. The highest BCUT2D eigenvalue weighted by Gasteiger charge is 2.06. The Morgan fingerprint density at radius 1 is 1.05 bits per heavy atom. The number of nitrogens with zero attached hydrogens (tertiary/aromatic N) is 2. The number of hydrogen-bond donors (Lipinski definition) is 1. The van der Waals surface area contributed by atoms with Crippen LogP contribution in [0.2, 0.25) is 5.28 Å². The van der Waals surface area contributed by atoms with E-state index < -0.39 is 0 Å². The lowest BCUT2D eigenvalue weighted by atomic mass is 10.2. The molecule has 0 bridgehead atoms. The van der Waals surface area contributed by atoms with Crippen molar-refractivity contribution in [2.24, 2.45) is 0 Å². The molecule has 0 aliphatic carbocycles. The lowest BCUT2D eigenvalue weighted by Gasteiger charge is -2.10. The van der Waals surface area contributed by atoms with E-state index in [0.717, 1.165) is 22.3 Å². The van der Waals surface area contributed by atoms with E-state index >= 15 is 0 Å². The predicted octanol–water partition coefficient (Wildman–Crippen LogP) is 4.43. The summed E-state index contributed by atoms with van der Waals surface area (Å²) in [6.45, 7) is 2.61. The van der Waals surface area contributed by atoms with Gasteiger partial charge in [-0.05, 0) is 54.9 Å². The number of aromatic nitrogens is 2. The first-order valence-corrected chi connectivity index (χ1v) is 7.06. The van der Waals surface area contributed by atoms with Crippen LogP contribution in [0, 0.1) is 0 Å². The molecule has 0 saturated carbocycles. The summed E-state index contributed by atoms with van der Waals surface area (Å²) in [7, 11) is 0. The lowest BCUT2D eigenvalue weighted by molar-refractivity contribution is 0.340. The molecule has 106 valence electrons. The Hall–Kier alpha value is -2.33. The maximum atomic E-state index is 5.97. The summed E-state index contributed by atoms with van der Waals surface area (Å²) in [5.74, 6) is 1.53. The zero-order valence-electron chi connectivity index (χ0n) is 11.5. The van der Waals surface area contributed by atoms with Gasteiger partial charge in [-0.3, -0.25) is 0 Å². The second kappa shape index (κ2) is 5.97. The Morgan fingerprint density at radius 2 is 1.81 bits per heavy atom. The molecule has 3 aromatic rings. The normalized spacial score (nSPS) is 10.6. The fourth-order valence-corrected chi connectivity index (χ4v) is 2.26. The molecule has 0 radical (unpaired) electrons. The molecule has 0 aliphatic heterocycles. The highest BCUT2D eigenvalue weighted by molar-refractivity contribution is 6.28. The van der Waals surface area contributed by atoms with Crippen molar-refractivity contribution in [3.05, 3.63) is 53.8 Å². The first kappa shape index (κ1) is 13.6. The summed E-state index contributed by atoms with van der Waals surface area (Å²) < 4.78 is 5.43. The Kier molecular flexibility index (Phi) is 3.88. The van der Waals surface area contributed by atoms with E-state index in [1.165, 1.54) is 0 Å². The zero-order valence-corrected chi connectivity index (χ0v) is 12.3.